The third kappa shape index (κ3) is 2.38. The van der Waals surface area contributed by atoms with Gasteiger partial charge in [0.15, 0.2) is 0 Å². The molecule has 0 bridgehead atoms. The molecule has 2 fully saturated rings. The number of likely N-dealkylation sites (tertiary alicyclic amines) is 1. The predicted octanol–water partition coefficient (Wildman–Crippen LogP) is 0.337. The summed E-state index contributed by atoms with van der Waals surface area (Å²) >= 11 is 0. The number of piperazine rings is 1. The highest BCUT2D eigenvalue weighted by Crippen LogP contribution is 2.20. The lowest BCUT2D eigenvalue weighted by atomic mass is 10.1. The van der Waals surface area contributed by atoms with E-state index < -0.39 is 0 Å². The maximum Gasteiger partial charge on any atom is 0.241 e. The SMILES string of the molecule is CCC1CCCN1C(=O)C1CNC(C)CN1. The minimum Gasteiger partial charge on any atom is -0.338 e. The van der Waals surface area contributed by atoms with Gasteiger partial charge in [0.2, 0.25) is 5.91 Å². The number of rotatable bonds is 2. The first-order chi connectivity index (χ1) is 7.72. The topological polar surface area (TPSA) is 44.4 Å². The lowest BCUT2D eigenvalue weighted by molar-refractivity contribution is -0.134. The molecule has 2 aliphatic heterocycles. The normalized spacial score (nSPS) is 35.4. The first-order valence-corrected chi connectivity index (χ1v) is 6.49. The molecule has 0 saturated carbocycles. The van der Waals surface area contributed by atoms with Crippen LogP contribution < -0.4 is 10.6 Å². The minimum absolute atomic E-state index is 0.0108. The van der Waals surface area contributed by atoms with Crippen molar-refractivity contribution in [1.82, 2.24) is 15.5 Å². The molecular weight excluding hydrogens is 202 g/mol. The van der Waals surface area contributed by atoms with Crippen LogP contribution in [0.1, 0.15) is 33.1 Å². The van der Waals surface area contributed by atoms with Crippen LogP contribution in [0.4, 0.5) is 0 Å². The molecule has 3 atom stereocenters. The Kier molecular flexibility index (Phi) is 3.82. The highest BCUT2D eigenvalue weighted by Gasteiger charge is 2.33. The summed E-state index contributed by atoms with van der Waals surface area (Å²) in [6, 6.07) is 0.946. The molecule has 0 aromatic rings. The first kappa shape index (κ1) is 11.9. The maximum absolute atomic E-state index is 12.3. The predicted molar refractivity (Wildman–Crippen MR) is 64.3 cm³/mol. The van der Waals surface area contributed by atoms with Gasteiger partial charge in [-0.25, -0.2) is 0 Å². The molecule has 3 unspecified atom stereocenters. The fraction of sp³-hybridized carbons (Fsp3) is 0.917. The minimum atomic E-state index is -0.0108. The summed E-state index contributed by atoms with van der Waals surface area (Å²) in [5.41, 5.74) is 0. The summed E-state index contributed by atoms with van der Waals surface area (Å²) in [6.07, 6.45) is 3.43. The van der Waals surface area contributed by atoms with Crippen LogP contribution >= 0.6 is 0 Å². The molecule has 2 N–H and O–H groups in total. The summed E-state index contributed by atoms with van der Waals surface area (Å²) in [5.74, 6) is 0.295. The van der Waals surface area contributed by atoms with Gasteiger partial charge >= 0.3 is 0 Å². The number of amides is 1. The van der Waals surface area contributed by atoms with E-state index in [-0.39, 0.29) is 6.04 Å². The molecule has 0 aromatic carbocycles. The van der Waals surface area contributed by atoms with E-state index in [0.29, 0.717) is 18.0 Å². The van der Waals surface area contributed by atoms with Crippen LogP contribution in [0.3, 0.4) is 0 Å². The summed E-state index contributed by atoms with van der Waals surface area (Å²) in [5, 5.41) is 6.70. The number of carbonyl (C=O) groups excluding carboxylic acids is 1. The van der Waals surface area contributed by atoms with Gasteiger partial charge in [0, 0.05) is 31.7 Å². The monoisotopic (exact) mass is 225 g/mol. The van der Waals surface area contributed by atoms with Crippen LogP contribution in [0, 0.1) is 0 Å². The van der Waals surface area contributed by atoms with Crippen molar-refractivity contribution in [1.29, 1.82) is 0 Å². The van der Waals surface area contributed by atoms with E-state index in [9.17, 15) is 4.79 Å². The van der Waals surface area contributed by atoms with Crippen molar-refractivity contribution in [2.24, 2.45) is 0 Å². The quantitative estimate of drug-likeness (QED) is 0.712. The van der Waals surface area contributed by atoms with Crippen molar-refractivity contribution in [2.45, 2.75) is 51.2 Å². The molecule has 0 aromatic heterocycles. The summed E-state index contributed by atoms with van der Waals surface area (Å²) < 4.78 is 0. The third-order valence-electron chi connectivity index (χ3n) is 3.77. The second-order valence-corrected chi connectivity index (χ2v) is 5.01. The van der Waals surface area contributed by atoms with Gasteiger partial charge in [-0.3, -0.25) is 4.79 Å². The molecule has 0 aliphatic carbocycles. The Labute approximate surface area is 97.8 Å². The zero-order chi connectivity index (χ0) is 11.5. The van der Waals surface area contributed by atoms with Gasteiger partial charge in [-0.05, 0) is 26.2 Å². The number of hydrogen-bond acceptors (Lipinski definition) is 3. The Morgan fingerprint density at radius 1 is 1.38 bits per heavy atom. The molecule has 0 spiro atoms. The van der Waals surface area contributed by atoms with E-state index in [1.165, 1.54) is 12.8 Å². The van der Waals surface area contributed by atoms with Crippen LogP contribution in [0.25, 0.3) is 0 Å². The molecule has 2 heterocycles. The summed E-state index contributed by atoms with van der Waals surface area (Å²) in [4.78, 5) is 14.4. The van der Waals surface area contributed by atoms with Crippen LogP contribution in [0.5, 0.6) is 0 Å². The Morgan fingerprint density at radius 3 is 2.81 bits per heavy atom. The van der Waals surface area contributed by atoms with Gasteiger partial charge in [-0.2, -0.15) is 0 Å². The van der Waals surface area contributed by atoms with Crippen molar-refractivity contribution >= 4 is 5.91 Å². The Morgan fingerprint density at radius 2 is 2.19 bits per heavy atom. The Balaban J connectivity index is 1.91. The van der Waals surface area contributed by atoms with E-state index in [0.717, 1.165) is 26.1 Å². The van der Waals surface area contributed by atoms with Crippen LogP contribution in [0.15, 0.2) is 0 Å². The van der Waals surface area contributed by atoms with Gasteiger partial charge in [0.05, 0.1) is 6.04 Å². The summed E-state index contributed by atoms with van der Waals surface area (Å²) in [7, 11) is 0. The molecule has 92 valence electrons. The Bertz CT molecular complexity index is 249. The van der Waals surface area contributed by atoms with Crippen molar-refractivity contribution in [2.75, 3.05) is 19.6 Å². The fourth-order valence-corrected chi connectivity index (χ4v) is 2.71. The molecular formula is C12H23N3O. The molecule has 1 amide bonds. The number of carbonyl (C=O) groups is 1. The molecule has 0 radical (unpaired) electrons. The average molecular weight is 225 g/mol. The van der Waals surface area contributed by atoms with Crippen molar-refractivity contribution in [3.8, 4) is 0 Å². The van der Waals surface area contributed by atoms with Crippen LogP contribution in [-0.2, 0) is 4.79 Å². The van der Waals surface area contributed by atoms with E-state index in [2.05, 4.69) is 29.4 Å². The zero-order valence-corrected chi connectivity index (χ0v) is 10.3. The molecule has 2 rings (SSSR count). The molecule has 4 nitrogen and oxygen atoms in total. The second-order valence-electron chi connectivity index (χ2n) is 5.01. The average Bonchev–Trinajstić information content (AvgIpc) is 2.77. The Hall–Kier alpha value is -0.610. The van der Waals surface area contributed by atoms with Gasteiger partial charge in [-0.15, -0.1) is 0 Å². The molecule has 4 heteroatoms. The van der Waals surface area contributed by atoms with Crippen molar-refractivity contribution in [3.63, 3.8) is 0 Å². The highest BCUT2D eigenvalue weighted by atomic mass is 16.2. The van der Waals surface area contributed by atoms with Crippen LogP contribution in [0.2, 0.25) is 0 Å². The van der Waals surface area contributed by atoms with Gasteiger partial charge < -0.3 is 15.5 Å². The third-order valence-corrected chi connectivity index (χ3v) is 3.77. The lowest BCUT2D eigenvalue weighted by Gasteiger charge is -2.33. The van der Waals surface area contributed by atoms with E-state index in [1.807, 2.05) is 0 Å². The maximum atomic E-state index is 12.3. The standard InChI is InChI=1S/C12H23N3O/c1-3-10-5-4-6-15(10)12(16)11-8-13-9(2)7-14-11/h9-11,13-14H,3-8H2,1-2H3. The zero-order valence-electron chi connectivity index (χ0n) is 10.3. The van der Waals surface area contributed by atoms with E-state index in [1.54, 1.807) is 0 Å². The smallest absolute Gasteiger partial charge is 0.241 e. The number of nitrogens with one attached hydrogen (secondary N) is 2. The van der Waals surface area contributed by atoms with E-state index in [4.69, 9.17) is 0 Å². The number of nitrogens with zero attached hydrogens (tertiary/aromatic N) is 1. The second kappa shape index (κ2) is 5.15. The lowest BCUT2D eigenvalue weighted by Crippen LogP contribution is -2.60. The van der Waals surface area contributed by atoms with Gasteiger partial charge in [0.25, 0.3) is 0 Å². The van der Waals surface area contributed by atoms with E-state index >= 15 is 0 Å². The summed E-state index contributed by atoms with van der Waals surface area (Å²) in [6.45, 7) is 6.92. The first-order valence-electron chi connectivity index (χ1n) is 6.49. The number of hydrogen-bond donors (Lipinski definition) is 2. The fourth-order valence-electron chi connectivity index (χ4n) is 2.71. The largest absolute Gasteiger partial charge is 0.338 e. The highest BCUT2D eigenvalue weighted by molar-refractivity contribution is 5.82. The van der Waals surface area contributed by atoms with Gasteiger partial charge in [0.1, 0.15) is 0 Å². The molecule has 2 aliphatic rings. The van der Waals surface area contributed by atoms with Crippen LogP contribution in [-0.4, -0.2) is 48.6 Å². The van der Waals surface area contributed by atoms with Gasteiger partial charge in [-0.1, -0.05) is 6.92 Å². The molecule has 16 heavy (non-hydrogen) atoms. The van der Waals surface area contributed by atoms with Crippen molar-refractivity contribution in [3.05, 3.63) is 0 Å². The molecule has 2 saturated heterocycles. The van der Waals surface area contributed by atoms with Crippen molar-refractivity contribution < 1.29 is 4.79 Å².